The van der Waals surface area contributed by atoms with E-state index in [2.05, 4.69) is 22.9 Å². The van der Waals surface area contributed by atoms with Crippen LogP contribution in [-0.4, -0.2) is 4.98 Å². The maximum atomic E-state index is 6.00. The number of ether oxygens (including phenoxy) is 1. The lowest BCUT2D eigenvalue weighted by Gasteiger charge is -2.11. The van der Waals surface area contributed by atoms with Crippen LogP contribution in [0.25, 0.3) is 0 Å². The van der Waals surface area contributed by atoms with Crippen molar-refractivity contribution in [3.8, 4) is 11.5 Å². The Hall–Kier alpha value is -2.01. The molecule has 0 fully saturated rings. The van der Waals surface area contributed by atoms with Gasteiger partial charge in [0, 0.05) is 29.2 Å². The standard InChI is InChI=1S/C19H17ClN2OS/c20-16-4-1-3-14(9-16)11-22-12-15-10-17(6-7-19(15)24)23-18-5-2-8-21-13-18/h1-10,13,22,24H,11-12H2. The van der Waals surface area contributed by atoms with Crippen molar-refractivity contribution in [1.82, 2.24) is 10.3 Å². The lowest BCUT2D eigenvalue weighted by Crippen LogP contribution is -2.13. The lowest BCUT2D eigenvalue weighted by atomic mass is 10.2. The van der Waals surface area contributed by atoms with Crippen LogP contribution in [0.4, 0.5) is 0 Å². The van der Waals surface area contributed by atoms with Crippen LogP contribution < -0.4 is 10.1 Å². The molecule has 3 rings (SSSR count). The Morgan fingerprint density at radius 1 is 1.00 bits per heavy atom. The summed E-state index contributed by atoms with van der Waals surface area (Å²) < 4.78 is 5.81. The van der Waals surface area contributed by atoms with Crippen molar-refractivity contribution >= 4 is 24.2 Å². The molecule has 5 heteroatoms. The maximum absolute atomic E-state index is 6.00. The van der Waals surface area contributed by atoms with Gasteiger partial charge in [0.2, 0.25) is 0 Å². The van der Waals surface area contributed by atoms with E-state index in [-0.39, 0.29) is 0 Å². The van der Waals surface area contributed by atoms with Gasteiger partial charge in [-0.15, -0.1) is 12.6 Å². The molecule has 0 aliphatic rings. The van der Waals surface area contributed by atoms with E-state index in [9.17, 15) is 0 Å². The number of hydrogen-bond donors (Lipinski definition) is 2. The van der Waals surface area contributed by atoms with E-state index in [1.807, 2.05) is 54.6 Å². The molecule has 2 aromatic carbocycles. The van der Waals surface area contributed by atoms with Gasteiger partial charge in [-0.3, -0.25) is 4.98 Å². The van der Waals surface area contributed by atoms with E-state index >= 15 is 0 Å². The smallest absolute Gasteiger partial charge is 0.145 e. The van der Waals surface area contributed by atoms with Crippen LogP contribution in [0.3, 0.4) is 0 Å². The molecule has 1 heterocycles. The first-order valence-corrected chi connectivity index (χ1v) is 8.38. The van der Waals surface area contributed by atoms with E-state index in [1.165, 1.54) is 0 Å². The van der Waals surface area contributed by atoms with Crippen LogP contribution in [0.1, 0.15) is 11.1 Å². The first kappa shape index (κ1) is 16.8. The monoisotopic (exact) mass is 356 g/mol. The van der Waals surface area contributed by atoms with Crippen molar-refractivity contribution in [3.05, 3.63) is 83.1 Å². The fourth-order valence-corrected chi connectivity index (χ4v) is 2.73. The highest BCUT2D eigenvalue weighted by molar-refractivity contribution is 7.80. The van der Waals surface area contributed by atoms with Crippen molar-refractivity contribution in [3.63, 3.8) is 0 Å². The van der Waals surface area contributed by atoms with E-state index in [0.717, 1.165) is 33.3 Å². The molecule has 0 bridgehead atoms. The molecule has 3 nitrogen and oxygen atoms in total. The summed E-state index contributed by atoms with van der Waals surface area (Å²) in [6, 6.07) is 17.4. The van der Waals surface area contributed by atoms with Gasteiger partial charge in [0.15, 0.2) is 0 Å². The third-order valence-electron chi connectivity index (χ3n) is 3.45. The molecule has 0 saturated carbocycles. The van der Waals surface area contributed by atoms with Crippen molar-refractivity contribution in [1.29, 1.82) is 0 Å². The van der Waals surface area contributed by atoms with Crippen molar-refractivity contribution in [2.45, 2.75) is 18.0 Å². The molecule has 122 valence electrons. The van der Waals surface area contributed by atoms with Crippen molar-refractivity contribution in [2.75, 3.05) is 0 Å². The van der Waals surface area contributed by atoms with Gasteiger partial charge >= 0.3 is 0 Å². The van der Waals surface area contributed by atoms with Gasteiger partial charge in [-0.1, -0.05) is 23.7 Å². The van der Waals surface area contributed by atoms with Gasteiger partial charge in [0.05, 0.1) is 6.20 Å². The van der Waals surface area contributed by atoms with E-state index < -0.39 is 0 Å². The summed E-state index contributed by atoms with van der Waals surface area (Å²) in [7, 11) is 0. The number of rotatable bonds is 6. The Kier molecular flexibility index (Phi) is 5.75. The maximum Gasteiger partial charge on any atom is 0.145 e. The average molecular weight is 357 g/mol. The molecule has 0 atom stereocenters. The minimum absolute atomic E-state index is 0.690. The summed E-state index contributed by atoms with van der Waals surface area (Å²) in [5.74, 6) is 1.47. The zero-order chi connectivity index (χ0) is 16.8. The van der Waals surface area contributed by atoms with Gasteiger partial charge in [-0.2, -0.15) is 0 Å². The van der Waals surface area contributed by atoms with Crippen LogP contribution in [0.2, 0.25) is 5.02 Å². The molecule has 0 aliphatic heterocycles. The molecule has 3 aromatic rings. The summed E-state index contributed by atoms with van der Waals surface area (Å²) in [5.41, 5.74) is 2.22. The molecule has 0 radical (unpaired) electrons. The van der Waals surface area contributed by atoms with Crippen LogP contribution in [0.15, 0.2) is 71.9 Å². The van der Waals surface area contributed by atoms with Crippen LogP contribution in [-0.2, 0) is 13.1 Å². The first-order chi connectivity index (χ1) is 11.7. The summed E-state index contributed by atoms with van der Waals surface area (Å²) in [6.07, 6.45) is 3.40. The zero-order valence-electron chi connectivity index (χ0n) is 12.9. The third-order valence-corrected chi connectivity index (χ3v) is 4.13. The lowest BCUT2D eigenvalue weighted by molar-refractivity contribution is 0.478. The second-order valence-corrected chi connectivity index (χ2v) is 6.23. The molecular formula is C19H17ClN2OS. The van der Waals surface area contributed by atoms with Crippen molar-refractivity contribution < 1.29 is 4.74 Å². The molecule has 0 amide bonds. The number of hydrogen-bond acceptors (Lipinski definition) is 4. The fraction of sp³-hybridized carbons (Fsp3) is 0.105. The highest BCUT2D eigenvalue weighted by Crippen LogP contribution is 2.25. The summed E-state index contributed by atoms with van der Waals surface area (Å²) in [5, 5.41) is 4.15. The van der Waals surface area contributed by atoms with Crippen LogP contribution in [0, 0.1) is 0 Å². The molecule has 0 spiro atoms. The number of thiol groups is 1. The number of nitrogens with zero attached hydrogens (tertiary/aromatic N) is 1. The Labute approximate surface area is 152 Å². The molecule has 0 saturated heterocycles. The van der Waals surface area contributed by atoms with E-state index in [4.69, 9.17) is 16.3 Å². The SMILES string of the molecule is Sc1ccc(Oc2cccnc2)cc1CNCc1cccc(Cl)c1. The molecule has 0 aliphatic carbocycles. The van der Waals surface area contributed by atoms with Gasteiger partial charge in [-0.05, 0) is 53.6 Å². The molecular weight excluding hydrogens is 340 g/mol. The predicted molar refractivity (Wildman–Crippen MR) is 100 cm³/mol. The third kappa shape index (κ3) is 4.74. The number of benzene rings is 2. The molecule has 1 aromatic heterocycles. The summed E-state index contributed by atoms with van der Waals surface area (Å²) >= 11 is 10.5. The molecule has 0 unspecified atom stereocenters. The Morgan fingerprint density at radius 3 is 2.71 bits per heavy atom. The van der Waals surface area contributed by atoms with Crippen LogP contribution >= 0.6 is 24.2 Å². The predicted octanol–water partition coefficient (Wildman–Crippen LogP) is 5.11. The second kappa shape index (κ2) is 8.20. The number of nitrogens with one attached hydrogen (secondary N) is 1. The highest BCUT2D eigenvalue weighted by Gasteiger charge is 2.04. The first-order valence-electron chi connectivity index (χ1n) is 7.55. The Bertz CT molecular complexity index is 811. The van der Waals surface area contributed by atoms with E-state index in [1.54, 1.807) is 12.4 Å². The van der Waals surface area contributed by atoms with Crippen LogP contribution in [0.5, 0.6) is 11.5 Å². The highest BCUT2D eigenvalue weighted by atomic mass is 35.5. The fourth-order valence-electron chi connectivity index (χ4n) is 2.30. The summed E-state index contributed by atoms with van der Waals surface area (Å²) in [4.78, 5) is 4.97. The largest absolute Gasteiger partial charge is 0.456 e. The number of halogens is 1. The van der Waals surface area contributed by atoms with Crippen molar-refractivity contribution in [2.24, 2.45) is 0 Å². The Balaban J connectivity index is 1.63. The second-order valence-electron chi connectivity index (χ2n) is 5.31. The zero-order valence-corrected chi connectivity index (χ0v) is 14.6. The van der Waals surface area contributed by atoms with Gasteiger partial charge in [0.25, 0.3) is 0 Å². The number of pyridine rings is 1. The molecule has 1 N–H and O–H groups in total. The minimum Gasteiger partial charge on any atom is -0.456 e. The number of aromatic nitrogens is 1. The topological polar surface area (TPSA) is 34.1 Å². The Morgan fingerprint density at radius 2 is 1.92 bits per heavy atom. The van der Waals surface area contributed by atoms with Gasteiger partial charge in [0.1, 0.15) is 11.5 Å². The van der Waals surface area contributed by atoms with Gasteiger partial charge in [-0.25, -0.2) is 0 Å². The van der Waals surface area contributed by atoms with E-state index in [0.29, 0.717) is 12.3 Å². The van der Waals surface area contributed by atoms with Gasteiger partial charge < -0.3 is 10.1 Å². The minimum atomic E-state index is 0.690. The average Bonchev–Trinajstić information content (AvgIpc) is 2.59. The quantitative estimate of drug-likeness (QED) is 0.602. The normalized spacial score (nSPS) is 10.6. The molecule has 24 heavy (non-hydrogen) atoms. The summed E-state index contributed by atoms with van der Waals surface area (Å²) in [6.45, 7) is 1.43.